The van der Waals surface area contributed by atoms with Gasteiger partial charge >= 0.3 is 6.09 Å². The Morgan fingerprint density at radius 3 is 2.50 bits per heavy atom. The molecule has 0 bridgehead atoms. The summed E-state index contributed by atoms with van der Waals surface area (Å²) in [6.45, 7) is 8.41. The van der Waals surface area contributed by atoms with Crippen molar-refractivity contribution in [3.05, 3.63) is 48.0 Å². The van der Waals surface area contributed by atoms with Crippen LogP contribution in [-0.4, -0.2) is 17.9 Å². The summed E-state index contributed by atoms with van der Waals surface area (Å²) in [5.41, 5.74) is 2.09. The van der Waals surface area contributed by atoms with Crippen LogP contribution in [0.25, 0.3) is 0 Å². The van der Waals surface area contributed by atoms with Gasteiger partial charge in [0.2, 0.25) is 0 Å². The highest BCUT2D eigenvalue weighted by Gasteiger charge is 2.09. The number of hydrogen-bond donors (Lipinski definition) is 1. The largest absolute Gasteiger partial charge is 0.445 e. The number of benzene rings is 1. The maximum Gasteiger partial charge on any atom is 0.407 e. The number of ketones is 1. The molecule has 0 spiro atoms. The number of Topliss-reactive ketones (excluding diaryl/α,β-unsaturated/α-hetero) is 1. The van der Waals surface area contributed by atoms with Crippen molar-refractivity contribution in [3.8, 4) is 0 Å². The predicted molar refractivity (Wildman–Crippen MR) is 106 cm³/mol. The lowest BCUT2D eigenvalue weighted by Gasteiger charge is -2.14. The third-order valence-corrected chi connectivity index (χ3v) is 4.31. The van der Waals surface area contributed by atoms with Crippen LogP contribution in [0.15, 0.2) is 42.5 Å². The van der Waals surface area contributed by atoms with E-state index in [1.165, 1.54) is 0 Å². The van der Waals surface area contributed by atoms with E-state index in [2.05, 4.69) is 18.8 Å². The predicted octanol–water partition coefficient (Wildman–Crippen LogP) is 5.57. The van der Waals surface area contributed by atoms with E-state index in [0.29, 0.717) is 18.6 Å². The minimum atomic E-state index is -0.387. The summed E-state index contributed by atoms with van der Waals surface area (Å²) in [5.74, 6) is 0.337. The van der Waals surface area contributed by atoms with Crippen LogP contribution < -0.4 is 5.32 Å². The van der Waals surface area contributed by atoms with Gasteiger partial charge in [0.1, 0.15) is 12.4 Å². The van der Waals surface area contributed by atoms with E-state index in [0.717, 1.165) is 49.7 Å². The number of unbranched alkanes of at least 4 members (excludes halogenated alkanes) is 1. The summed E-state index contributed by atoms with van der Waals surface area (Å²) in [5, 5.41) is 2.85. The molecule has 1 N–H and O–H groups in total. The quantitative estimate of drug-likeness (QED) is 0.469. The molecule has 0 heterocycles. The molecule has 0 aliphatic carbocycles. The van der Waals surface area contributed by atoms with E-state index in [9.17, 15) is 9.59 Å². The van der Waals surface area contributed by atoms with Gasteiger partial charge in [0.25, 0.3) is 0 Å². The number of nitrogens with one attached hydrogen (secondary N) is 1. The normalized spacial score (nSPS) is 11.6. The molecule has 0 aromatic heterocycles. The summed E-state index contributed by atoms with van der Waals surface area (Å²) >= 11 is 0. The average molecular weight is 360 g/mol. The number of carbonyl (C=O) groups is 2. The number of amides is 1. The van der Waals surface area contributed by atoms with Crippen molar-refractivity contribution >= 4 is 11.9 Å². The van der Waals surface area contributed by atoms with E-state index < -0.39 is 0 Å². The van der Waals surface area contributed by atoms with Gasteiger partial charge in [0.05, 0.1) is 0 Å². The van der Waals surface area contributed by atoms with Crippen molar-refractivity contribution in [2.45, 2.75) is 77.9 Å². The summed E-state index contributed by atoms with van der Waals surface area (Å²) in [6, 6.07) is 9.68. The molecule has 0 aliphatic heterocycles. The molecule has 0 saturated carbocycles. The number of hydrogen-bond acceptors (Lipinski definition) is 3. The first kappa shape index (κ1) is 21.9. The van der Waals surface area contributed by atoms with Gasteiger partial charge in [0.15, 0.2) is 0 Å². The van der Waals surface area contributed by atoms with Crippen molar-refractivity contribution in [1.82, 2.24) is 5.32 Å². The van der Waals surface area contributed by atoms with Crippen molar-refractivity contribution < 1.29 is 14.3 Å². The molecule has 1 aromatic rings. The molecule has 0 saturated heterocycles. The molecule has 1 amide bonds. The number of carbonyl (C=O) groups excluding carboxylic acids is 2. The molecule has 0 fully saturated rings. The van der Waals surface area contributed by atoms with Crippen molar-refractivity contribution in [2.75, 3.05) is 0 Å². The average Bonchev–Trinajstić information content (AvgIpc) is 2.63. The molecular formula is C22H33NO3. The van der Waals surface area contributed by atoms with Crippen LogP contribution in [0.3, 0.4) is 0 Å². The second-order valence-corrected chi connectivity index (χ2v) is 6.89. The highest BCUT2D eigenvalue weighted by molar-refractivity contribution is 5.78. The minimum absolute atomic E-state index is 0.0530. The fourth-order valence-electron chi connectivity index (χ4n) is 2.64. The van der Waals surface area contributed by atoms with Crippen LogP contribution in [0.4, 0.5) is 4.79 Å². The molecule has 26 heavy (non-hydrogen) atoms. The van der Waals surface area contributed by atoms with Crippen LogP contribution in [0, 0.1) is 0 Å². The maximum absolute atomic E-state index is 11.8. The molecule has 4 nitrogen and oxygen atoms in total. The smallest absolute Gasteiger partial charge is 0.407 e. The molecule has 0 radical (unpaired) electrons. The van der Waals surface area contributed by atoms with Crippen molar-refractivity contribution in [3.63, 3.8) is 0 Å². The molecule has 144 valence electrons. The highest BCUT2D eigenvalue weighted by atomic mass is 16.5. The fourth-order valence-corrected chi connectivity index (χ4v) is 2.64. The van der Waals surface area contributed by atoms with Crippen LogP contribution in [0.5, 0.6) is 0 Å². The van der Waals surface area contributed by atoms with Gasteiger partial charge in [-0.3, -0.25) is 4.79 Å². The Hall–Kier alpha value is -2.10. The Kier molecular flexibility index (Phi) is 11.1. The van der Waals surface area contributed by atoms with Crippen molar-refractivity contribution in [1.29, 1.82) is 0 Å². The van der Waals surface area contributed by atoms with Gasteiger partial charge < -0.3 is 10.1 Å². The van der Waals surface area contributed by atoms with E-state index in [4.69, 9.17) is 4.74 Å². The summed E-state index contributed by atoms with van der Waals surface area (Å²) in [6.07, 6.45) is 6.44. The van der Waals surface area contributed by atoms with E-state index in [-0.39, 0.29) is 18.7 Å². The molecule has 1 rings (SSSR count). The lowest BCUT2D eigenvalue weighted by atomic mass is 10.0. The second-order valence-electron chi connectivity index (χ2n) is 6.89. The van der Waals surface area contributed by atoms with Crippen molar-refractivity contribution in [2.24, 2.45) is 0 Å². The lowest BCUT2D eigenvalue weighted by Crippen LogP contribution is -2.32. The summed E-state index contributed by atoms with van der Waals surface area (Å²) in [7, 11) is 0. The Morgan fingerprint density at radius 1 is 1.08 bits per heavy atom. The maximum atomic E-state index is 11.8. The van der Waals surface area contributed by atoms with Crippen LogP contribution in [-0.2, 0) is 16.1 Å². The fraction of sp³-hybridized carbons (Fsp3) is 0.545. The number of allylic oxidation sites excluding steroid dienone is 1. The number of ether oxygens (including phenoxy) is 1. The first-order valence-electron chi connectivity index (χ1n) is 9.66. The van der Waals surface area contributed by atoms with E-state index in [1.807, 2.05) is 37.3 Å². The standard InChI is InChI=1S/C22H33NO3/c1-4-5-14-21(24)16-15-18(2)10-9-11-19(3)23-22(25)26-17-20-12-7-6-8-13-20/h6-8,12-13,19H,2,4-5,9-11,14-17H2,1,3H3,(H,23,25)/t19-/m0/s1. The molecular weight excluding hydrogens is 326 g/mol. The third-order valence-electron chi connectivity index (χ3n) is 4.31. The molecule has 0 unspecified atom stereocenters. The summed E-state index contributed by atoms with van der Waals surface area (Å²) in [4.78, 5) is 23.5. The molecule has 1 aromatic carbocycles. The van der Waals surface area contributed by atoms with E-state index in [1.54, 1.807) is 0 Å². The van der Waals surface area contributed by atoms with Crippen LogP contribution in [0.2, 0.25) is 0 Å². The van der Waals surface area contributed by atoms with Gasteiger partial charge in [-0.05, 0) is 44.6 Å². The summed E-state index contributed by atoms with van der Waals surface area (Å²) < 4.78 is 5.22. The Labute approximate surface area is 158 Å². The Bertz CT molecular complexity index is 554. The van der Waals surface area contributed by atoms with Crippen LogP contribution in [0.1, 0.15) is 70.8 Å². The third kappa shape index (κ3) is 10.7. The molecule has 1 atom stereocenters. The van der Waals surface area contributed by atoms with Gasteiger partial charge in [-0.15, -0.1) is 0 Å². The molecule has 4 heteroatoms. The van der Waals surface area contributed by atoms with Gasteiger partial charge in [0, 0.05) is 18.9 Å². The van der Waals surface area contributed by atoms with E-state index >= 15 is 0 Å². The minimum Gasteiger partial charge on any atom is -0.445 e. The topological polar surface area (TPSA) is 55.4 Å². The number of alkyl carbamates (subject to hydrolysis) is 1. The Morgan fingerprint density at radius 2 is 1.81 bits per heavy atom. The molecule has 0 aliphatic rings. The SMILES string of the molecule is C=C(CCC[C@H](C)NC(=O)OCc1ccccc1)CCC(=O)CCCC. The first-order chi connectivity index (χ1) is 12.5. The second kappa shape index (κ2) is 13.2. The monoisotopic (exact) mass is 359 g/mol. The first-order valence-corrected chi connectivity index (χ1v) is 9.66. The zero-order valence-corrected chi connectivity index (χ0v) is 16.3. The van der Waals surface area contributed by atoms with Gasteiger partial charge in [-0.25, -0.2) is 4.79 Å². The highest BCUT2D eigenvalue weighted by Crippen LogP contribution is 2.14. The number of rotatable bonds is 13. The van der Waals surface area contributed by atoms with Gasteiger partial charge in [-0.1, -0.05) is 55.8 Å². The zero-order valence-electron chi connectivity index (χ0n) is 16.3. The lowest BCUT2D eigenvalue weighted by molar-refractivity contribution is -0.119. The Balaban J connectivity index is 2.09. The van der Waals surface area contributed by atoms with Gasteiger partial charge in [-0.2, -0.15) is 0 Å². The zero-order chi connectivity index (χ0) is 19.2. The van der Waals surface area contributed by atoms with Crippen LogP contribution >= 0.6 is 0 Å².